The number of ether oxygens (including phenoxy) is 1. The fourth-order valence-corrected chi connectivity index (χ4v) is 2.49. The molecule has 0 bridgehead atoms. The number of carbonyl (C=O) groups excluding carboxylic acids is 1. The fraction of sp³-hybridized carbons (Fsp3) is 0.533. The first-order chi connectivity index (χ1) is 13.0. The molecule has 0 saturated heterocycles. The molecule has 1 fully saturated rings. The molecule has 13 heteroatoms. The lowest BCUT2D eigenvalue weighted by molar-refractivity contribution is -0.182. The molecule has 7 nitrogen and oxygen atoms in total. The van der Waals surface area contributed by atoms with Gasteiger partial charge in [-0.1, -0.05) is 0 Å². The summed E-state index contributed by atoms with van der Waals surface area (Å²) in [5.74, 6) is -0.695. The van der Waals surface area contributed by atoms with Crippen LogP contribution in [-0.4, -0.2) is 38.3 Å². The van der Waals surface area contributed by atoms with Crippen LogP contribution in [0.4, 0.5) is 32.0 Å². The van der Waals surface area contributed by atoms with Gasteiger partial charge in [-0.25, -0.2) is 4.68 Å². The van der Waals surface area contributed by atoms with E-state index >= 15 is 0 Å². The van der Waals surface area contributed by atoms with Gasteiger partial charge >= 0.3 is 12.4 Å². The van der Waals surface area contributed by atoms with Gasteiger partial charge in [-0.15, -0.1) is 0 Å². The molecular weight excluding hydrogens is 396 g/mol. The van der Waals surface area contributed by atoms with E-state index in [9.17, 15) is 31.1 Å². The third kappa shape index (κ3) is 5.47. The molecule has 0 aliphatic heterocycles. The van der Waals surface area contributed by atoms with Crippen molar-refractivity contribution in [2.75, 3.05) is 11.9 Å². The predicted molar refractivity (Wildman–Crippen MR) is 82.1 cm³/mol. The van der Waals surface area contributed by atoms with Gasteiger partial charge in [0.05, 0.1) is 18.1 Å². The summed E-state index contributed by atoms with van der Waals surface area (Å²) in [4.78, 5) is 12.1. The molecule has 0 radical (unpaired) electrons. The van der Waals surface area contributed by atoms with E-state index in [1.165, 1.54) is 12.4 Å². The van der Waals surface area contributed by atoms with E-state index in [0.29, 0.717) is 5.69 Å². The van der Waals surface area contributed by atoms with E-state index in [1.807, 2.05) is 0 Å². The number of hydrogen-bond acceptors (Lipinski definition) is 4. The largest absolute Gasteiger partial charge is 0.435 e. The van der Waals surface area contributed by atoms with Crippen LogP contribution in [0.2, 0.25) is 0 Å². The summed E-state index contributed by atoms with van der Waals surface area (Å²) >= 11 is 0. The molecular formula is C15H15F6N5O2. The topological polar surface area (TPSA) is 74.0 Å². The number of carbonyl (C=O) groups is 1. The summed E-state index contributed by atoms with van der Waals surface area (Å²) in [6.45, 7) is -2.35. The Morgan fingerprint density at radius 1 is 1.25 bits per heavy atom. The van der Waals surface area contributed by atoms with Crippen molar-refractivity contribution in [1.82, 2.24) is 19.6 Å². The number of halogens is 6. The zero-order valence-electron chi connectivity index (χ0n) is 14.2. The maximum atomic E-state index is 12.9. The molecule has 3 rings (SSSR count). The van der Waals surface area contributed by atoms with E-state index in [2.05, 4.69) is 20.3 Å². The average Bonchev–Trinajstić information content (AvgIpc) is 3.15. The summed E-state index contributed by atoms with van der Waals surface area (Å²) in [7, 11) is 0. The smallest absolute Gasteiger partial charge is 0.350 e. The molecule has 0 spiro atoms. The van der Waals surface area contributed by atoms with Gasteiger partial charge in [0.1, 0.15) is 19.9 Å². The van der Waals surface area contributed by atoms with Crippen LogP contribution in [-0.2, 0) is 29.0 Å². The maximum Gasteiger partial charge on any atom is 0.435 e. The van der Waals surface area contributed by atoms with E-state index in [4.69, 9.17) is 0 Å². The molecule has 1 aliphatic rings. The Labute approximate surface area is 154 Å². The number of nitrogens with zero attached hydrogens (tertiary/aromatic N) is 4. The molecule has 0 atom stereocenters. The van der Waals surface area contributed by atoms with Gasteiger partial charge in [0.25, 0.3) is 0 Å². The summed E-state index contributed by atoms with van der Waals surface area (Å²) < 4.78 is 81.1. The third-order valence-corrected chi connectivity index (χ3v) is 3.80. The summed E-state index contributed by atoms with van der Waals surface area (Å²) in [6.07, 6.45) is -5.20. The highest BCUT2D eigenvalue weighted by molar-refractivity contribution is 5.90. The molecule has 1 saturated carbocycles. The van der Waals surface area contributed by atoms with Crippen LogP contribution in [0.15, 0.2) is 18.5 Å². The maximum absolute atomic E-state index is 12.9. The molecule has 0 unspecified atom stereocenters. The zero-order valence-corrected chi connectivity index (χ0v) is 14.2. The van der Waals surface area contributed by atoms with Crippen molar-refractivity contribution in [1.29, 1.82) is 0 Å². The van der Waals surface area contributed by atoms with Crippen LogP contribution in [0.3, 0.4) is 0 Å². The van der Waals surface area contributed by atoms with Gasteiger partial charge in [-0.2, -0.15) is 36.5 Å². The predicted octanol–water partition coefficient (Wildman–Crippen LogP) is 3.15. The first kappa shape index (κ1) is 20.2. The SMILES string of the molecule is O=C(Cn1nc(C(F)(F)F)cc1C1CC1)Nc1cnn(COCC(F)(F)F)c1. The van der Waals surface area contributed by atoms with Gasteiger partial charge < -0.3 is 10.1 Å². The lowest BCUT2D eigenvalue weighted by Gasteiger charge is -2.07. The molecule has 0 aromatic carbocycles. The Kier molecular flexibility index (Phi) is 5.37. The van der Waals surface area contributed by atoms with E-state index in [1.54, 1.807) is 0 Å². The summed E-state index contributed by atoms with van der Waals surface area (Å²) in [6, 6.07) is 0.945. The Balaban J connectivity index is 1.58. The second-order valence-corrected chi connectivity index (χ2v) is 6.29. The molecule has 2 aromatic heterocycles. The van der Waals surface area contributed by atoms with Crippen molar-refractivity contribution in [3.63, 3.8) is 0 Å². The molecule has 2 heterocycles. The highest BCUT2D eigenvalue weighted by Crippen LogP contribution is 2.42. The molecule has 154 valence electrons. The van der Waals surface area contributed by atoms with Gasteiger partial charge in [-0.3, -0.25) is 9.48 Å². The first-order valence-electron chi connectivity index (χ1n) is 8.13. The van der Waals surface area contributed by atoms with Crippen LogP contribution >= 0.6 is 0 Å². The second-order valence-electron chi connectivity index (χ2n) is 6.29. The molecule has 2 aromatic rings. The number of nitrogens with one attached hydrogen (secondary N) is 1. The van der Waals surface area contributed by atoms with Crippen molar-refractivity contribution in [3.05, 3.63) is 29.8 Å². The zero-order chi connectivity index (χ0) is 20.5. The van der Waals surface area contributed by atoms with E-state index in [-0.39, 0.29) is 11.6 Å². The first-order valence-corrected chi connectivity index (χ1v) is 8.13. The molecule has 1 N–H and O–H groups in total. The number of amides is 1. The number of aromatic nitrogens is 4. The van der Waals surface area contributed by atoms with Gasteiger partial charge in [0.2, 0.25) is 5.91 Å². The molecule has 1 amide bonds. The van der Waals surface area contributed by atoms with Gasteiger partial charge in [-0.05, 0) is 18.9 Å². The van der Waals surface area contributed by atoms with Gasteiger partial charge in [0.15, 0.2) is 5.69 Å². The quantitative estimate of drug-likeness (QED) is 0.711. The second kappa shape index (κ2) is 7.45. The number of anilines is 1. The Bertz CT molecular complexity index is 837. The molecule has 1 aliphatic carbocycles. The van der Waals surface area contributed by atoms with Crippen molar-refractivity contribution >= 4 is 11.6 Å². The van der Waals surface area contributed by atoms with E-state index in [0.717, 1.165) is 28.3 Å². The van der Waals surface area contributed by atoms with Crippen LogP contribution in [0, 0.1) is 0 Å². The van der Waals surface area contributed by atoms with Crippen molar-refractivity contribution < 1.29 is 35.9 Å². The number of hydrogen-bond donors (Lipinski definition) is 1. The lowest BCUT2D eigenvalue weighted by Crippen LogP contribution is -2.21. The average molecular weight is 411 g/mol. The lowest BCUT2D eigenvalue weighted by atomic mass is 10.2. The number of alkyl halides is 6. The van der Waals surface area contributed by atoms with Gasteiger partial charge in [0, 0.05) is 11.6 Å². The fourth-order valence-electron chi connectivity index (χ4n) is 2.49. The summed E-state index contributed by atoms with van der Waals surface area (Å²) in [5, 5.41) is 9.61. The van der Waals surface area contributed by atoms with Crippen molar-refractivity contribution in [2.24, 2.45) is 0 Å². The standard InChI is InChI=1S/C15H15F6N5O2/c16-14(17,18)7-28-8-25-5-10(4-22-25)23-13(27)6-26-11(9-1-2-9)3-12(24-26)15(19,20)21/h3-5,9H,1-2,6-8H2,(H,23,27). The monoisotopic (exact) mass is 411 g/mol. The Morgan fingerprint density at radius 3 is 2.57 bits per heavy atom. The van der Waals surface area contributed by atoms with E-state index < -0.39 is 43.8 Å². The number of rotatable bonds is 7. The minimum absolute atomic E-state index is 0.0510. The Hall–Kier alpha value is -2.57. The minimum Gasteiger partial charge on any atom is -0.350 e. The normalized spacial score (nSPS) is 15.1. The van der Waals surface area contributed by atoms with Crippen LogP contribution in [0.1, 0.15) is 30.1 Å². The Morgan fingerprint density at radius 2 is 1.96 bits per heavy atom. The highest BCUT2D eigenvalue weighted by atomic mass is 19.4. The summed E-state index contributed by atoms with van der Waals surface area (Å²) in [5.41, 5.74) is -0.549. The highest BCUT2D eigenvalue weighted by Gasteiger charge is 2.38. The third-order valence-electron chi connectivity index (χ3n) is 3.80. The minimum atomic E-state index is -4.61. The van der Waals surface area contributed by atoms with Crippen LogP contribution in [0.5, 0.6) is 0 Å². The van der Waals surface area contributed by atoms with Crippen LogP contribution < -0.4 is 5.32 Å². The van der Waals surface area contributed by atoms with Crippen LogP contribution in [0.25, 0.3) is 0 Å². The molecule has 28 heavy (non-hydrogen) atoms. The van der Waals surface area contributed by atoms with Crippen molar-refractivity contribution in [3.8, 4) is 0 Å². The van der Waals surface area contributed by atoms with Crippen molar-refractivity contribution in [2.45, 2.75) is 44.4 Å².